The highest BCUT2D eigenvalue weighted by Crippen LogP contribution is 2.55. The van der Waals surface area contributed by atoms with Gasteiger partial charge in [0, 0.05) is 80.5 Å². The third-order valence-electron chi connectivity index (χ3n) is 9.87. The number of para-hydroxylation sites is 1. The van der Waals surface area contributed by atoms with E-state index in [1.807, 2.05) is 36.4 Å². The van der Waals surface area contributed by atoms with Crippen LogP contribution in [0.4, 0.5) is 16.3 Å². The van der Waals surface area contributed by atoms with E-state index in [4.69, 9.17) is 16.3 Å². The van der Waals surface area contributed by atoms with E-state index in [0.29, 0.717) is 35.0 Å². The molecule has 1 aliphatic carbocycles. The van der Waals surface area contributed by atoms with E-state index in [0.717, 1.165) is 43.2 Å². The number of amides is 4. The maximum absolute atomic E-state index is 13.4. The van der Waals surface area contributed by atoms with Gasteiger partial charge in [-0.05, 0) is 35.9 Å². The molecule has 2 saturated heterocycles. The van der Waals surface area contributed by atoms with Gasteiger partial charge in [-0.3, -0.25) is 24.7 Å². The molecule has 0 unspecified atom stereocenters. The number of hydrogen-bond donors (Lipinski definition) is 2. The lowest BCUT2D eigenvalue weighted by Crippen LogP contribution is -2.74. The van der Waals surface area contributed by atoms with Crippen LogP contribution in [0.5, 0.6) is 5.75 Å². The van der Waals surface area contributed by atoms with Gasteiger partial charge in [-0.15, -0.1) is 0 Å². The number of nitrogens with zero attached hydrogens (tertiary/aromatic N) is 5. The Morgan fingerprint density at radius 2 is 1.77 bits per heavy atom. The van der Waals surface area contributed by atoms with Gasteiger partial charge in [0.05, 0.1) is 16.1 Å². The summed E-state index contributed by atoms with van der Waals surface area (Å²) < 4.78 is 6.35. The van der Waals surface area contributed by atoms with Crippen LogP contribution in [-0.4, -0.2) is 72.6 Å². The number of rotatable bonds is 8. The molecular weight excluding hydrogens is 630 g/mol. The predicted molar refractivity (Wildman–Crippen MR) is 183 cm³/mol. The molecule has 1 aromatic heterocycles. The average Bonchev–Trinajstić information content (AvgIpc) is 3.07. The lowest BCUT2D eigenvalue weighted by Gasteiger charge is -2.63. The van der Waals surface area contributed by atoms with E-state index in [9.17, 15) is 19.6 Å². The summed E-state index contributed by atoms with van der Waals surface area (Å²) in [7, 11) is 0. The maximum atomic E-state index is 13.4. The summed E-state index contributed by atoms with van der Waals surface area (Å²) in [6, 6.07) is 18.1. The van der Waals surface area contributed by atoms with Crippen molar-refractivity contribution in [1.82, 2.24) is 20.5 Å². The lowest BCUT2D eigenvalue weighted by atomic mass is 9.49. The Labute approximate surface area is 285 Å². The fraction of sp³-hybridized carbons (Fsp3) is 0.417. The van der Waals surface area contributed by atoms with Gasteiger partial charge in [0.25, 0.3) is 5.91 Å². The minimum absolute atomic E-state index is 0.152. The van der Waals surface area contributed by atoms with Gasteiger partial charge < -0.3 is 15.0 Å². The molecule has 2 aromatic carbocycles. The molecule has 250 valence electrons. The van der Waals surface area contributed by atoms with Crippen LogP contribution < -0.4 is 25.2 Å². The van der Waals surface area contributed by atoms with Crippen molar-refractivity contribution >= 4 is 41.0 Å². The standard InChI is InChI=1S/C36H40ClN7O4/c1-35(2)32(36(3,4)33(35)48-26-11-9-23(20-38)27(37)19-26)41-31(46)24-10-12-29(39-21-24)43-17-15-42(16-18-43)22-25-7-5-6-8-28(25)44-14-13-30(45)40-34(44)47/h5-12,19,21,32-33H,13-18,22H2,1-4H3,(H,41,46)(H,40,45,47). The predicted octanol–water partition coefficient (Wildman–Crippen LogP) is 4.99. The minimum atomic E-state index is -0.379. The van der Waals surface area contributed by atoms with Gasteiger partial charge in [-0.2, -0.15) is 5.26 Å². The molecule has 6 rings (SSSR count). The Morgan fingerprint density at radius 1 is 1.04 bits per heavy atom. The first-order chi connectivity index (χ1) is 22.9. The van der Waals surface area contributed by atoms with Crippen LogP contribution in [0.1, 0.15) is 55.6 Å². The Hall–Kier alpha value is -4.66. The second kappa shape index (κ2) is 13.1. The third-order valence-corrected chi connectivity index (χ3v) is 10.2. The Bertz CT molecular complexity index is 1750. The smallest absolute Gasteiger partial charge is 0.328 e. The number of hydrogen-bond acceptors (Lipinski definition) is 8. The lowest BCUT2D eigenvalue weighted by molar-refractivity contribution is -0.164. The van der Waals surface area contributed by atoms with E-state index in [-0.39, 0.29) is 47.2 Å². The Balaban J connectivity index is 1.03. The molecule has 0 radical (unpaired) electrons. The number of pyridine rings is 1. The van der Waals surface area contributed by atoms with Crippen molar-refractivity contribution in [2.75, 3.05) is 42.5 Å². The highest BCUT2D eigenvalue weighted by molar-refractivity contribution is 6.31. The second-order valence-corrected chi connectivity index (χ2v) is 14.3. The van der Waals surface area contributed by atoms with Gasteiger partial charge in [-0.25, -0.2) is 9.78 Å². The molecule has 0 bridgehead atoms. The largest absolute Gasteiger partial charge is 0.489 e. The van der Waals surface area contributed by atoms with Crippen LogP contribution in [0.25, 0.3) is 0 Å². The van der Waals surface area contributed by atoms with Crippen molar-refractivity contribution in [2.24, 2.45) is 10.8 Å². The first kappa shape index (κ1) is 33.2. The molecule has 2 aliphatic heterocycles. The third kappa shape index (κ3) is 6.42. The summed E-state index contributed by atoms with van der Waals surface area (Å²) in [4.78, 5) is 48.3. The van der Waals surface area contributed by atoms with E-state index < -0.39 is 0 Å². The summed E-state index contributed by atoms with van der Waals surface area (Å²) in [6.45, 7) is 12.5. The number of halogens is 1. The number of carbonyl (C=O) groups is 3. The number of carbonyl (C=O) groups excluding carboxylic acids is 3. The Morgan fingerprint density at radius 3 is 2.42 bits per heavy atom. The number of piperazine rings is 1. The number of benzene rings is 2. The van der Waals surface area contributed by atoms with Gasteiger partial charge in [0.1, 0.15) is 23.7 Å². The van der Waals surface area contributed by atoms with Crippen LogP contribution in [0.2, 0.25) is 5.02 Å². The van der Waals surface area contributed by atoms with Gasteiger partial charge >= 0.3 is 6.03 Å². The van der Waals surface area contributed by atoms with Crippen molar-refractivity contribution in [2.45, 2.75) is 52.8 Å². The molecule has 11 nitrogen and oxygen atoms in total. The molecule has 2 N–H and O–H groups in total. The summed E-state index contributed by atoms with van der Waals surface area (Å²) in [6.07, 6.45) is 1.73. The zero-order valence-corrected chi connectivity index (χ0v) is 28.4. The van der Waals surface area contributed by atoms with Crippen LogP contribution in [-0.2, 0) is 11.3 Å². The topological polar surface area (TPSA) is 131 Å². The minimum Gasteiger partial charge on any atom is -0.489 e. The number of nitriles is 1. The molecule has 48 heavy (non-hydrogen) atoms. The zero-order chi connectivity index (χ0) is 34.2. The van der Waals surface area contributed by atoms with E-state index in [1.165, 1.54) is 0 Å². The number of anilines is 2. The fourth-order valence-electron chi connectivity index (χ4n) is 7.60. The van der Waals surface area contributed by atoms with Crippen LogP contribution in [0.3, 0.4) is 0 Å². The number of aromatic nitrogens is 1. The number of nitrogens with one attached hydrogen (secondary N) is 2. The van der Waals surface area contributed by atoms with Crippen molar-refractivity contribution < 1.29 is 19.1 Å². The molecule has 3 fully saturated rings. The molecule has 3 aliphatic rings. The molecule has 3 heterocycles. The molecule has 3 aromatic rings. The normalized spacial score (nSPS) is 21.9. The molecule has 0 spiro atoms. The first-order valence-electron chi connectivity index (χ1n) is 16.2. The maximum Gasteiger partial charge on any atom is 0.328 e. The summed E-state index contributed by atoms with van der Waals surface area (Å²) in [5.41, 5.74) is 2.02. The van der Waals surface area contributed by atoms with Gasteiger partial charge in [-0.1, -0.05) is 57.5 Å². The highest BCUT2D eigenvalue weighted by Gasteiger charge is 2.64. The van der Waals surface area contributed by atoms with Gasteiger partial charge in [0.2, 0.25) is 5.91 Å². The van der Waals surface area contributed by atoms with Crippen molar-refractivity contribution in [3.05, 3.63) is 82.5 Å². The molecule has 12 heteroatoms. The number of urea groups is 1. The average molecular weight is 670 g/mol. The van der Waals surface area contributed by atoms with E-state index in [2.05, 4.69) is 59.2 Å². The number of imide groups is 1. The summed E-state index contributed by atoms with van der Waals surface area (Å²) >= 11 is 6.22. The SMILES string of the molecule is CC1(C)C(NC(=O)c2ccc(N3CCN(Cc4ccccc4N4CCC(=O)NC4=O)CC3)nc2)C(C)(C)C1Oc1ccc(C#N)c(Cl)c1. The highest BCUT2D eigenvalue weighted by atomic mass is 35.5. The summed E-state index contributed by atoms with van der Waals surface area (Å²) in [5, 5.41) is 15.2. The van der Waals surface area contributed by atoms with Crippen LogP contribution in [0.15, 0.2) is 60.8 Å². The van der Waals surface area contributed by atoms with Crippen molar-refractivity contribution in [3.8, 4) is 11.8 Å². The molecular formula is C36H40ClN7O4. The summed E-state index contributed by atoms with van der Waals surface area (Å²) in [5.74, 6) is 0.978. The van der Waals surface area contributed by atoms with Crippen molar-refractivity contribution in [1.29, 1.82) is 5.26 Å². The molecule has 0 atom stereocenters. The van der Waals surface area contributed by atoms with Crippen LogP contribution >= 0.6 is 11.6 Å². The van der Waals surface area contributed by atoms with Gasteiger partial charge in [0.15, 0.2) is 0 Å². The van der Waals surface area contributed by atoms with E-state index >= 15 is 0 Å². The number of ether oxygens (including phenoxy) is 1. The Kier molecular flexibility index (Phi) is 9.07. The van der Waals surface area contributed by atoms with E-state index in [1.54, 1.807) is 29.3 Å². The first-order valence-corrected chi connectivity index (χ1v) is 16.6. The quantitative estimate of drug-likeness (QED) is 0.343. The fourth-order valence-corrected chi connectivity index (χ4v) is 7.81. The second-order valence-electron chi connectivity index (χ2n) is 13.9. The van der Waals surface area contributed by atoms with Crippen LogP contribution in [0, 0.1) is 22.2 Å². The van der Waals surface area contributed by atoms with Crippen molar-refractivity contribution in [3.63, 3.8) is 0 Å². The zero-order valence-electron chi connectivity index (χ0n) is 27.6. The monoisotopic (exact) mass is 669 g/mol. The molecule has 1 saturated carbocycles. The molecule has 4 amide bonds.